The van der Waals surface area contributed by atoms with Crippen LogP contribution in [0.15, 0.2) is 12.2 Å². The molecule has 0 radical (unpaired) electrons. The highest BCUT2D eigenvalue weighted by Crippen LogP contribution is 2.74. The molecule has 0 aromatic heterocycles. The minimum absolute atomic E-state index is 0.0292. The van der Waals surface area contributed by atoms with Gasteiger partial charge in [0.05, 0.1) is 42.2 Å². The summed E-state index contributed by atoms with van der Waals surface area (Å²) < 4.78 is 6.33. The number of hydrogen-bond donors (Lipinski definition) is 10. The smallest absolute Gasteiger partial charge is 0.309 e. The lowest BCUT2D eigenvalue weighted by Crippen LogP contribution is -2.64. The number of hydrogen-bond acceptors (Lipinski definition) is 12. The Balaban J connectivity index is 0.000000332. The first kappa shape index (κ1) is 58.4. The van der Waals surface area contributed by atoms with Gasteiger partial charge in [0.25, 0.3) is 0 Å². The van der Waals surface area contributed by atoms with E-state index in [1.165, 1.54) is 5.57 Å². The van der Waals surface area contributed by atoms with Gasteiger partial charge < -0.3 is 50.7 Å². The fraction of sp³-hybridized carbons (Fsp3) is 0.907. The molecule has 6 fully saturated rings. The zero-order valence-corrected chi connectivity index (χ0v) is 43.8. The molecule has 14 heteroatoms. The van der Waals surface area contributed by atoms with Crippen LogP contribution in [0.2, 0.25) is 0 Å². The van der Waals surface area contributed by atoms with Crippen LogP contribution >= 0.6 is 0 Å². The molecule has 6 rings (SSSR count). The Morgan fingerprint density at radius 1 is 0.721 bits per heavy atom. The molecule has 6 aliphatic carbocycles. The Kier molecular flexibility index (Phi) is 19.5. The molecule has 0 aromatic carbocycles. The highest BCUT2D eigenvalue weighted by molar-refractivity contribution is 5.81. The number of rotatable bonds is 16. The summed E-state index contributed by atoms with van der Waals surface area (Å²) in [6.07, 6.45) is 7.15. The predicted molar refractivity (Wildman–Crippen MR) is 261 cm³/mol. The van der Waals surface area contributed by atoms with E-state index < -0.39 is 71.9 Å². The van der Waals surface area contributed by atoms with Gasteiger partial charge in [0.1, 0.15) is 18.4 Å². The van der Waals surface area contributed by atoms with Crippen molar-refractivity contribution in [3.63, 3.8) is 0 Å². The lowest BCUT2D eigenvalue weighted by Gasteiger charge is -2.69. The van der Waals surface area contributed by atoms with Crippen LogP contribution in [0.25, 0.3) is 0 Å². The predicted octanol–water partition coefficient (Wildman–Crippen LogP) is 6.64. The van der Waals surface area contributed by atoms with Crippen molar-refractivity contribution in [1.82, 2.24) is 5.32 Å². The molecular formula is C54H95NO13. The second-order valence-electron chi connectivity index (χ2n) is 24.5. The molecule has 68 heavy (non-hydrogen) atoms. The van der Waals surface area contributed by atoms with E-state index in [0.29, 0.717) is 42.4 Å². The molecule has 10 N–H and O–H groups in total. The molecule has 0 spiro atoms. The monoisotopic (exact) mass is 966 g/mol. The van der Waals surface area contributed by atoms with E-state index in [1.54, 1.807) is 14.0 Å². The quantitative estimate of drug-likeness (QED) is 0.0442. The highest BCUT2D eigenvalue weighted by atomic mass is 16.5. The van der Waals surface area contributed by atoms with Crippen LogP contribution in [0.1, 0.15) is 160 Å². The largest absolute Gasteiger partial charge is 0.481 e. The van der Waals surface area contributed by atoms with Crippen LogP contribution in [0.5, 0.6) is 0 Å². The lowest BCUT2D eigenvalue weighted by molar-refractivity contribution is -0.228. The Hall–Kier alpha value is -2.17. The van der Waals surface area contributed by atoms with Gasteiger partial charge in [0.15, 0.2) is 0 Å². The van der Waals surface area contributed by atoms with Crippen LogP contribution in [0.4, 0.5) is 0 Å². The van der Waals surface area contributed by atoms with E-state index in [9.17, 15) is 45.0 Å². The van der Waals surface area contributed by atoms with Gasteiger partial charge in [0.2, 0.25) is 0 Å². The van der Waals surface area contributed by atoms with Gasteiger partial charge in [0, 0.05) is 17.9 Å². The summed E-state index contributed by atoms with van der Waals surface area (Å²) >= 11 is 0. The standard InChI is InChI=1S/C37H56O6.C10H22O3.C7H17NO4/c1-20(2)21-11-17-37(32(41)42)18-12-23-22(29(21)37)9-10-27-35(23,7)15-13-26-34(5,6)28(14-16-36(26,27)8)43-31(40)25-19-24(30(38)39)33(25,3)4;1-4-5-9(12)10(13)8(3)7(2)6-11;1-4(7(12)8-2)6(11)5(10)3-9/h21-29H,1,9-19H2,2-8H3,(H,38,39)(H,41,42);7-13H,4-6H2,1-3H3;4-12H,3H2,1-2H3/t21-,22?,23?,24+,25-,26?,27?,28-,29?,35-,36-,37?;7-,8-,9+,10+;4-,5+,6-,7+/m010/s1. The first-order valence-corrected chi connectivity index (χ1v) is 26.1. The van der Waals surface area contributed by atoms with E-state index >= 15 is 0 Å². The third-order valence-corrected chi connectivity index (χ3v) is 20.3. The molecule has 0 heterocycles. The minimum atomic E-state index is -1.21. The number of carboxylic acid groups (broad SMARTS) is 2. The second kappa shape index (κ2) is 22.7. The number of esters is 1. The molecule has 14 nitrogen and oxygen atoms in total. The van der Waals surface area contributed by atoms with Crippen molar-refractivity contribution in [3.8, 4) is 0 Å². The number of allylic oxidation sites excluding steroid dienone is 1. The molecule has 6 aliphatic rings. The summed E-state index contributed by atoms with van der Waals surface area (Å²) in [6, 6.07) is 0. The molecular weight excluding hydrogens is 871 g/mol. The maximum Gasteiger partial charge on any atom is 0.309 e. The van der Waals surface area contributed by atoms with Crippen molar-refractivity contribution in [1.29, 1.82) is 0 Å². The highest BCUT2D eigenvalue weighted by Gasteiger charge is 2.69. The van der Waals surface area contributed by atoms with Gasteiger partial charge in [-0.25, -0.2) is 0 Å². The molecule has 0 bridgehead atoms. The molecule has 6 saturated carbocycles. The summed E-state index contributed by atoms with van der Waals surface area (Å²) in [5.74, 6) is -0.427. The Bertz CT molecular complexity index is 1710. The summed E-state index contributed by atoms with van der Waals surface area (Å²) in [4.78, 5) is 37.9. The molecule has 0 aromatic rings. The zero-order valence-electron chi connectivity index (χ0n) is 43.8. The zero-order chi connectivity index (χ0) is 51.6. The van der Waals surface area contributed by atoms with Crippen molar-refractivity contribution < 1.29 is 65.1 Å². The number of fused-ring (bicyclic) bond motifs is 7. The number of carbonyl (C=O) groups excluding carboxylic acids is 1. The minimum Gasteiger partial charge on any atom is -0.481 e. The van der Waals surface area contributed by atoms with E-state index in [0.717, 1.165) is 70.6 Å². The lowest BCUT2D eigenvalue weighted by atomic mass is 9.36. The third kappa shape index (κ3) is 10.9. The molecule has 0 saturated heterocycles. The SMILES string of the molecule is C=C(C)[C@@H]1CCC2(C(=O)O)CCC3C(CCC4[C@@]3(C)CCC3C(C)(C)[C@@H](OC(=O)[C@@H]5C[C@H](C(=O)O)C5(C)C)CC[C@@]34C)C12.CCC[C@H](O)[C@@H](O)[C@H](C)[C@H](C)CO.CN[C@H](O)[C@@H](C)[C@H](O)[C@H](O)CO. The maximum absolute atomic E-state index is 13.4. The first-order valence-electron chi connectivity index (χ1n) is 26.1. The Morgan fingerprint density at radius 2 is 1.31 bits per heavy atom. The van der Waals surface area contributed by atoms with Crippen molar-refractivity contribution in [3.05, 3.63) is 12.2 Å². The third-order valence-electron chi connectivity index (χ3n) is 20.3. The number of ether oxygens (including phenoxy) is 1. The summed E-state index contributed by atoms with van der Waals surface area (Å²) in [5, 5.41) is 86.6. The van der Waals surface area contributed by atoms with E-state index in [2.05, 4.69) is 46.5 Å². The van der Waals surface area contributed by atoms with Crippen LogP contribution in [-0.2, 0) is 19.1 Å². The van der Waals surface area contributed by atoms with Crippen LogP contribution in [-0.4, -0.2) is 121 Å². The molecule has 0 aliphatic heterocycles. The number of carboxylic acids is 2. The number of nitrogens with one attached hydrogen (secondary N) is 1. The number of aliphatic carboxylic acids is 2. The van der Waals surface area contributed by atoms with Crippen LogP contribution in [0, 0.1) is 92.2 Å². The normalized spacial score (nSPS) is 38.9. The maximum atomic E-state index is 13.4. The number of aliphatic hydroxyl groups is 7. The van der Waals surface area contributed by atoms with E-state index in [4.69, 9.17) is 20.1 Å². The fourth-order valence-electron chi connectivity index (χ4n) is 15.6. The average Bonchev–Trinajstić information content (AvgIpc) is 3.70. The molecule has 20 atom stereocenters. The Morgan fingerprint density at radius 3 is 1.82 bits per heavy atom. The van der Waals surface area contributed by atoms with Gasteiger partial charge in [-0.2, -0.15) is 0 Å². The van der Waals surface area contributed by atoms with Crippen LogP contribution < -0.4 is 5.32 Å². The van der Waals surface area contributed by atoms with Gasteiger partial charge >= 0.3 is 17.9 Å². The van der Waals surface area contributed by atoms with Gasteiger partial charge in [-0.1, -0.05) is 87.8 Å². The van der Waals surface area contributed by atoms with Crippen molar-refractivity contribution in [2.45, 2.75) is 196 Å². The number of carbonyl (C=O) groups is 3. The fourth-order valence-corrected chi connectivity index (χ4v) is 15.6. The average molecular weight is 966 g/mol. The van der Waals surface area contributed by atoms with E-state index in [-0.39, 0.29) is 58.6 Å². The topological polar surface area (TPSA) is 255 Å². The van der Waals surface area contributed by atoms with Crippen molar-refractivity contribution in [2.24, 2.45) is 92.2 Å². The van der Waals surface area contributed by atoms with Gasteiger partial charge in [-0.15, -0.1) is 0 Å². The summed E-state index contributed by atoms with van der Waals surface area (Å²) in [5.41, 5.74) is 0.209. The second-order valence-corrected chi connectivity index (χ2v) is 24.5. The van der Waals surface area contributed by atoms with Gasteiger partial charge in [-0.05, 0) is 155 Å². The summed E-state index contributed by atoms with van der Waals surface area (Å²) in [7, 11) is 1.54. The van der Waals surface area contributed by atoms with Crippen molar-refractivity contribution in [2.75, 3.05) is 20.3 Å². The molecule has 394 valence electrons. The van der Waals surface area contributed by atoms with Crippen molar-refractivity contribution >= 4 is 17.9 Å². The molecule has 6 unspecified atom stereocenters. The Labute approximate surface area is 408 Å². The first-order chi connectivity index (χ1) is 31.5. The van der Waals surface area contributed by atoms with Crippen LogP contribution in [0.3, 0.4) is 0 Å². The molecule has 0 amide bonds. The van der Waals surface area contributed by atoms with Gasteiger partial charge in [-0.3, -0.25) is 19.7 Å². The van der Waals surface area contributed by atoms with E-state index in [1.807, 2.05) is 34.6 Å². The summed E-state index contributed by atoms with van der Waals surface area (Å²) in [6.45, 7) is 26.8. The number of aliphatic hydroxyl groups excluding tert-OH is 7.